The van der Waals surface area contributed by atoms with Gasteiger partial charge in [0.05, 0.1) is 22.8 Å². The third-order valence-electron chi connectivity index (χ3n) is 4.44. The van der Waals surface area contributed by atoms with Crippen LogP contribution in [-0.2, 0) is 14.3 Å². The van der Waals surface area contributed by atoms with Gasteiger partial charge >= 0.3 is 5.97 Å². The summed E-state index contributed by atoms with van der Waals surface area (Å²) in [6, 6.07) is 18.8. The highest BCUT2D eigenvalue weighted by molar-refractivity contribution is 5.83. The van der Waals surface area contributed by atoms with E-state index in [0.717, 1.165) is 11.4 Å². The maximum atomic E-state index is 12.7. The molecule has 146 valence electrons. The molecule has 7 heteroatoms. The number of carbonyl (C=O) groups is 2. The third-order valence-corrected chi connectivity index (χ3v) is 4.44. The fourth-order valence-electron chi connectivity index (χ4n) is 3.34. The molecule has 2 aromatic carbocycles. The predicted octanol–water partition coefficient (Wildman–Crippen LogP) is 3.42. The van der Waals surface area contributed by atoms with Crippen LogP contribution in [0.2, 0.25) is 0 Å². The van der Waals surface area contributed by atoms with Crippen molar-refractivity contribution in [2.75, 3.05) is 10.0 Å². The number of hydrogen-bond acceptors (Lipinski definition) is 6. The van der Waals surface area contributed by atoms with Gasteiger partial charge in [-0.05, 0) is 30.3 Å². The fraction of sp³-hybridized carbons (Fsp3) is 0.0909. The largest absolute Gasteiger partial charge is 0.405 e. The van der Waals surface area contributed by atoms with E-state index in [1.165, 1.54) is 18.9 Å². The minimum absolute atomic E-state index is 0.221. The Morgan fingerprint density at radius 3 is 2.07 bits per heavy atom. The number of benzene rings is 2. The van der Waals surface area contributed by atoms with E-state index in [2.05, 4.69) is 12.0 Å². The van der Waals surface area contributed by atoms with Gasteiger partial charge in [-0.3, -0.25) is 15.0 Å². The zero-order valence-corrected chi connectivity index (χ0v) is 16.1. The Labute approximate surface area is 168 Å². The van der Waals surface area contributed by atoms with Crippen LogP contribution in [0.4, 0.5) is 11.4 Å². The van der Waals surface area contributed by atoms with Crippen LogP contribution >= 0.6 is 0 Å². The predicted molar refractivity (Wildman–Crippen MR) is 110 cm³/mol. The number of anilines is 2. The maximum absolute atomic E-state index is 12.7. The summed E-state index contributed by atoms with van der Waals surface area (Å²) < 4.78 is 5.56. The highest BCUT2D eigenvalue weighted by atomic mass is 16.6. The molecule has 0 fully saturated rings. The molecule has 0 unspecified atom stereocenters. The van der Waals surface area contributed by atoms with Gasteiger partial charge in [-0.2, -0.15) is 0 Å². The van der Waals surface area contributed by atoms with Crippen LogP contribution in [0.1, 0.15) is 13.8 Å². The molecule has 1 amide bonds. The number of allylic oxidation sites excluding steroid dienone is 1. The summed E-state index contributed by atoms with van der Waals surface area (Å²) >= 11 is 0. The van der Waals surface area contributed by atoms with Crippen molar-refractivity contribution in [3.63, 3.8) is 0 Å². The number of nitrogens with one attached hydrogen (secondary N) is 1. The molecule has 2 aliphatic heterocycles. The van der Waals surface area contributed by atoms with Crippen LogP contribution in [0.15, 0.2) is 96.3 Å². The van der Waals surface area contributed by atoms with Gasteiger partial charge in [0.1, 0.15) is 0 Å². The molecule has 7 nitrogen and oxygen atoms in total. The summed E-state index contributed by atoms with van der Waals surface area (Å²) in [7, 11) is 0. The topological polar surface area (TPSA) is 65.1 Å². The molecule has 0 bridgehead atoms. The standard InChI is InChI=1S/C22H20N4O3/c1-15-14-20-21(26(16(2)27)25(15)19-12-8-5-9-13-19)22(29-17(3)28)24(23-20)18-10-6-4-7-11-18/h4-14,23H,1H2,2-3H3. The highest BCUT2D eigenvalue weighted by Crippen LogP contribution is 2.39. The van der Waals surface area contributed by atoms with E-state index in [9.17, 15) is 9.59 Å². The SMILES string of the molecule is C=C1C=C2NN(c3ccccc3)C(OC(C)=O)=C2N(C(C)=O)N1c1ccccc1. The normalized spacial score (nSPS) is 15.7. The monoisotopic (exact) mass is 388 g/mol. The average Bonchev–Trinajstić information content (AvgIpc) is 3.05. The van der Waals surface area contributed by atoms with Crippen molar-refractivity contribution in [3.05, 3.63) is 96.3 Å². The first-order chi connectivity index (χ1) is 14.0. The Balaban J connectivity index is 1.91. The number of carbonyl (C=O) groups excluding carboxylic acids is 2. The zero-order valence-electron chi connectivity index (χ0n) is 16.1. The molecule has 4 rings (SSSR count). The molecule has 0 aromatic heterocycles. The van der Waals surface area contributed by atoms with Gasteiger partial charge in [-0.1, -0.05) is 43.0 Å². The number of amides is 1. The zero-order chi connectivity index (χ0) is 20.5. The Kier molecular flexibility index (Phi) is 4.56. The number of rotatable bonds is 3. The van der Waals surface area contributed by atoms with Gasteiger partial charge in [0, 0.05) is 13.8 Å². The number of para-hydroxylation sites is 2. The summed E-state index contributed by atoms with van der Waals surface area (Å²) in [5.74, 6) is -0.522. The summed E-state index contributed by atoms with van der Waals surface area (Å²) in [6.45, 7) is 6.90. The highest BCUT2D eigenvalue weighted by Gasteiger charge is 2.41. The Morgan fingerprint density at radius 1 is 0.931 bits per heavy atom. The summed E-state index contributed by atoms with van der Waals surface area (Å²) in [4.78, 5) is 24.6. The Hall–Kier alpha value is -4.00. The number of ether oxygens (including phenoxy) is 1. The number of nitrogens with zero attached hydrogens (tertiary/aromatic N) is 3. The van der Waals surface area contributed by atoms with E-state index >= 15 is 0 Å². The van der Waals surface area contributed by atoms with Crippen molar-refractivity contribution in [1.29, 1.82) is 0 Å². The average molecular weight is 388 g/mol. The molecule has 0 saturated heterocycles. The van der Waals surface area contributed by atoms with Crippen LogP contribution in [0.25, 0.3) is 0 Å². The second-order valence-corrected chi connectivity index (χ2v) is 6.56. The third kappa shape index (κ3) is 3.23. The molecule has 0 atom stereocenters. The molecule has 2 aliphatic rings. The van der Waals surface area contributed by atoms with Crippen molar-refractivity contribution in [2.24, 2.45) is 0 Å². The van der Waals surface area contributed by atoms with E-state index in [4.69, 9.17) is 4.74 Å². The van der Waals surface area contributed by atoms with E-state index < -0.39 is 5.97 Å². The minimum Gasteiger partial charge on any atom is -0.405 e. The lowest BCUT2D eigenvalue weighted by Crippen LogP contribution is -2.47. The molecule has 1 N–H and O–H groups in total. The molecule has 29 heavy (non-hydrogen) atoms. The van der Waals surface area contributed by atoms with Crippen LogP contribution in [0, 0.1) is 0 Å². The fourth-order valence-corrected chi connectivity index (χ4v) is 3.34. The van der Waals surface area contributed by atoms with Gasteiger partial charge in [0.2, 0.25) is 5.91 Å². The second-order valence-electron chi connectivity index (χ2n) is 6.56. The first-order valence-electron chi connectivity index (χ1n) is 9.08. The van der Waals surface area contributed by atoms with Crippen molar-refractivity contribution >= 4 is 23.3 Å². The molecule has 0 radical (unpaired) electrons. The van der Waals surface area contributed by atoms with Gasteiger partial charge < -0.3 is 4.74 Å². The molecule has 0 spiro atoms. The quantitative estimate of drug-likeness (QED) is 0.813. The van der Waals surface area contributed by atoms with E-state index in [1.807, 2.05) is 66.7 Å². The lowest BCUT2D eigenvalue weighted by atomic mass is 10.2. The lowest BCUT2D eigenvalue weighted by molar-refractivity contribution is -0.137. The van der Waals surface area contributed by atoms with Gasteiger partial charge in [0.15, 0.2) is 5.70 Å². The first-order valence-corrected chi connectivity index (χ1v) is 9.08. The van der Waals surface area contributed by atoms with Crippen molar-refractivity contribution in [2.45, 2.75) is 13.8 Å². The number of hydrogen-bond donors (Lipinski definition) is 1. The second kappa shape index (κ2) is 7.20. The molecular formula is C22H20N4O3. The smallest absolute Gasteiger partial charge is 0.309 e. The van der Waals surface area contributed by atoms with E-state index in [0.29, 0.717) is 17.1 Å². The molecule has 0 aliphatic carbocycles. The van der Waals surface area contributed by atoms with Crippen molar-refractivity contribution in [1.82, 2.24) is 10.4 Å². The van der Waals surface area contributed by atoms with Crippen LogP contribution in [0.3, 0.4) is 0 Å². The number of fused-ring (bicyclic) bond motifs is 1. The number of esters is 1. The lowest BCUT2D eigenvalue weighted by Gasteiger charge is -2.39. The summed E-state index contributed by atoms with van der Waals surface area (Å²) in [5, 5.41) is 4.79. The molecule has 2 heterocycles. The minimum atomic E-state index is -0.490. The van der Waals surface area contributed by atoms with Crippen molar-refractivity contribution in [3.8, 4) is 0 Å². The van der Waals surface area contributed by atoms with Gasteiger partial charge in [-0.15, -0.1) is 0 Å². The summed E-state index contributed by atoms with van der Waals surface area (Å²) in [6.07, 6.45) is 1.81. The Morgan fingerprint density at radius 2 is 1.52 bits per heavy atom. The van der Waals surface area contributed by atoms with E-state index in [1.54, 1.807) is 10.0 Å². The maximum Gasteiger partial charge on any atom is 0.309 e. The van der Waals surface area contributed by atoms with Crippen LogP contribution in [-0.4, -0.2) is 16.9 Å². The van der Waals surface area contributed by atoms with Gasteiger partial charge in [0.25, 0.3) is 5.88 Å². The molecular weight excluding hydrogens is 368 g/mol. The summed E-state index contributed by atoms with van der Waals surface area (Å²) in [5.41, 5.74) is 6.37. The van der Waals surface area contributed by atoms with Gasteiger partial charge in [-0.25, -0.2) is 15.0 Å². The first kappa shape index (κ1) is 18.4. The van der Waals surface area contributed by atoms with Crippen LogP contribution < -0.4 is 15.4 Å². The van der Waals surface area contributed by atoms with Crippen molar-refractivity contribution < 1.29 is 14.3 Å². The van der Waals surface area contributed by atoms with Crippen LogP contribution in [0.5, 0.6) is 0 Å². The Bertz CT molecular complexity index is 1040. The number of hydrazine groups is 2. The molecule has 2 aromatic rings. The van der Waals surface area contributed by atoms with E-state index in [-0.39, 0.29) is 11.8 Å². The molecule has 0 saturated carbocycles.